The van der Waals surface area contributed by atoms with Crippen LogP contribution in [0.3, 0.4) is 0 Å². The second-order valence-electron chi connectivity index (χ2n) is 3.11. The number of benzene rings is 1. The van der Waals surface area contributed by atoms with E-state index >= 15 is 0 Å². The molecule has 1 aromatic rings. The molecule has 0 aliphatic heterocycles. The van der Waals surface area contributed by atoms with E-state index < -0.39 is 12.1 Å². The number of amides is 1. The maximum atomic E-state index is 11.1. The Morgan fingerprint density at radius 2 is 2.12 bits per heavy atom. The van der Waals surface area contributed by atoms with Crippen molar-refractivity contribution in [3.05, 3.63) is 29.3 Å². The number of hydrogen-bond donors (Lipinski definition) is 2. The first-order chi connectivity index (χ1) is 7.60. The molecule has 0 spiro atoms. The molecule has 0 fully saturated rings. The summed E-state index contributed by atoms with van der Waals surface area (Å²) >= 11 is 0. The molecular weight excluding hydrogens is 210 g/mol. The van der Waals surface area contributed by atoms with Gasteiger partial charge in [0.2, 0.25) is 0 Å². The number of carbonyl (C=O) groups is 2. The van der Waals surface area contributed by atoms with Gasteiger partial charge in [0, 0.05) is 0 Å². The first kappa shape index (κ1) is 12.0. The zero-order chi connectivity index (χ0) is 12.1. The lowest BCUT2D eigenvalue weighted by Gasteiger charge is -2.10. The molecular formula is C11H13NO4. The average molecular weight is 223 g/mol. The normalized spacial score (nSPS) is 9.62. The van der Waals surface area contributed by atoms with E-state index in [1.807, 2.05) is 6.92 Å². The van der Waals surface area contributed by atoms with Gasteiger partial charge in [-0.3, -0.25) is 5.32 Å². The summed E-state index contributed by atoms with van der Waals surface area (Å²) in [4.78, 5) is 22.1. The number of ether oxygens (including phenoxy) is 1. The SMILES string of the molecule is CCc1cccc(NC(=O)OC)c1C(=O)O. The van der Waals surface area contributed by atoms with Gasteiger partial charge in [0.15, 0.2) is 0 Å². The molecule has 1 amide bonds. The van der Waals surface area contributed by atoms with Gasteiger partial charge in [-0.05, 0) is 18.1 Å². The number of rotatable bonds is 3. The molecule has 0 heterocycles. The van der Waals surface area contributed by atoms with Gasteiger partial charge in [-0.15, -0.1) is 0 Å². The van der Waals surface area contributed by atoms with Crippen molar-refractivity contribution in [3.63, 3.8) is 0 Å². The van der Waals surface area contributed by atoms with E-state index in [1.54, 1.807) is 12.1 Å². The van der Waals surface area contributed by atoms with Crippen LogP contribution in [0.1, 0.15) is 22.8 Å². The minimum Gasteiger partial charge on any atom is -0.478 e. The summed E-state index contributed by atoms with van der Waals surface area (Å²) < 4.78 is 4.42. The molecule has 2 N–H and O–H groups in total. The third-order valence-electron chi connectivity index (χ3n) is 2.17. The van der Waals surface area contributed by atoms with Gasteiger partial charge in [-0.2, -0.15) is 0 Å². The third kappa shape index (κ3) is 2.50. The van der Waals surface area contributed by atoms with E-state index in [-0.39, 0.29) is 11.3 Å². The second-order valence-corrected chi connectivity index (χ2v) is 3.11. The van der Waals surface area contributed by atoms with E-state index in [0.717, 1.165) is 0 Å². The Morgan fingerprint density at radius 3 is 2.62 bits per heavy atom. The fraction of sp³-hybridized carbons (Fsp3) is 0.273. The summed E-state index contributed by atoms with van der Waals surface area (Å²) in [7, 11) is 1.22. The number of hydrogen-bond acceptors (Lipinski definition) is 3. The number of carboxylic acid groups (broad SMARTS) is 1. The Hall–Kier alpha value is -2.04. The van der Waals surface area contributed by atoms with E-state index in [4.69, 9.17) is 5.11 Å². The lowest BCUT2D eigenvalue weighted by Crippen LogP contribution is -2.15. The maximum Gasteiger partial charge on any atom is 0.411 e. The van der Waals surface area contributed by atoms with Crippen LogP contribution in [0.5, 0.6) is 0 Å². The third-order valence-corrected chi connectivity index (χ3v) is 2.17. The van der Waals surface area contributed by atoms with Crippen LogP contribution in [0.2, 0.25) is 0 Å². The first-order valence-corrected chi connectivity index (χ1v) is 4.80. The summed E-state index contributed by atoms with van der Waals surface area (Å²) in [5.74, 6) is -1.07. The molecule has 0 bridgehead atoms. The first-order valence-electron chi connectivity index (χ1n) is 4.80. The van der Waals surface area contributed by atoms with Crippen molar-refractivity contribution in [2.24, 2.45) is 0 Å². The van der Waals surface area contributed by atoms with Crippen LogP contribution in [0.25, 0.3) is 0 Å². The molecule has 0 saturated carbocycles. The lowest BCUT2D eigenvalue weighted by molar-refractivity contribution is 0.0697. The van der Waals surface area contributed by atoms with Crippen LogP contribution in [-0.4, -0.2) is 24.3 Å². The number of nitrogens with one attached hydrogen (secondary N) is 1. The zero-order valence-electron chi connectivity index (χ0n) is 9.11. The van der Waals surface area contributed by atoms with Crippen molar-refractivity contribution in [2.75, 3.05) is 12.4 Å². The lowest BCUT2D eigenvalue weighted by atomic mass is 10.0. The van der Waals surface area contributed by atoms with Gasteiger partial charge >= 0.3 is 12.1 Å². The Labute approximate surface area is 93.0 Å². The van der Waals surface area contributed by atoms with Gasteiger partial charge in [-0.1, -0.05) is 19.1 Å². The van der Waals surface area contributed by atoms with Crippen molar-refractivity contribution in [3.8, 4) is 0 Å². The van der Waals surface area contributed by atoms with Gasteiger partial charge in [0.05, 0.1) is 18.4 Å². The van der Waals surface area contributed by atoms with Crippen molar-refractivity contribution < 1.29 is 19.4 Å². The highest BCUT2D eigenvalue weighted by Gasteiger charge is 2.15. The van der Waals surface area contributed by atoms with E-state index in [9.17, 15) is 9.59 Å². The number of aromatic carboxylic acids is 1. The van der Waals surface area contributed by atoms with Gasteiger partial charge < -0.3 is 9.84 Å². The Kier molecular flexibility index (Phi) is 3.88. The largest absolute Gasteiger partial charge is 0.478 e. The predicted molar refractivity (Wildman–Crippen MR) is 58.8 cm³/mol. The molecule has 5 heteroatoms. The van der Waals surface area contributed by atoms with Gasteiger partial charge in [0.1, 0.15) is 0 Å². The van der Waals surface area contributed by atoms with Crippen molar-refractivity contribution >= 4 is 17.7 Å². The van der Waals surface area contributed by atoms with Gasteiger partial charge in [-0.25, -0.2) is 9.59 Å². The quantitative estimate of drug-likeness (QED) is 0.823. The van der Waals surface area contributed by atoms with E-state index in [0.29, 0.717) is 12.0 Å². The smallest absolute Gasteiger partial charge is 0.411 e. The summed E-state index contributed by atoms with van der Waals surface area (Å²) in [6.45, 7) is 1.85. The molecule has 0 saturated heterocycles. The molecule has 5 nitrogen and oxygen atoms in total. The monoisotopic (exact) mass is 223 g/mol. The molecule has 0 aromatic heterocycles. The predicted octanol–water partition coefficient (Wildman–Crippen LogP) is 2.13. The number of methoxy groups -OCH3 is 1. The van der Waals surface area contributed by atoms with Crippen LogP contribution in [0.4, 0.5) is 10.5 Å². The standard InChI is InChI=1S/C11H13NO4/c1-3-7-5-4-6-8(9(7)10(13)14)12-11(15)16-2/h4-6H,3H2,1-2H3,(H,12,15)(H,13,14). The molecule has 0 aliphatic carbocycles. The average Bonchev–Trinajstić information content (AvgIpc) is 2.28. The van der Waals surface area contributed by atoms with Crippen LogP contribution < -0.4 is 5.32 Å². The minimum absolute atomic E-state index is 0.107. The van der Waals surface area contributed by atoms with Crippen molar-refractivity contribution in [2.45, 2.75) is 13.3 Å². The fourth-order valence-electron chi connectivity index (χ4n) is 1.41. The summed E-state index contributed by atoms with van der Waals surface area (Å²) in [6.07, 6.45) is -0.103. The van der Waals surface area contributed by atoms with Crippen LogP contribution in [0, 0.1) is 0 Å². The summed E-state index contributed by atoms with van der Waals surface area (Å²) in [5, 5.41) is 11.4. The number of carboxylic acids is 1. The molecule has 0 radical (unpaired) electrons. The van der Waals surface area contributed by atoms with Crippen LogP contribution >= 0.6 is 0 Å². The highest BCUT2D eigenvalue weighted by atomic mass is 16.5. The fourth-order valence-corrected chi connectivity index (χ4v) is 1.41. The summed E-state index contributed by atoms with van der Waals surface area (Å²) in [6, 6.07) is 4.93. The van der Waals surface area contributed by atoms with Crippen molar-refractivity contribution in [1.82, 2.24) is 0 Å². The van der Waals surface area contributed by atoms with E-state index in [1.165, 1.54) is 13.2 Å². The second kappa shape index (κ2) is 5.16. The molecule has 1 aromatic carbocycles. The Morgan fingerprint density at radius 1 is 1.44 bits per heavy atom. The minimum atomic E-state index is -1.07. The highest BCUT2D eigenvalue weighted by molar-refractivity contribution is 6.00. The molecule has 86 valence electrons. The molecule has 0 atom stereocenters. The molecule has 0 aliphatic rings. The summed E-state index contributed by atoms with van der Waals surface area (Å²) in [5.41, 5.74) is 1.02. The topological polar surface area (TPSA) is 75.6 Å². The van der Waals surface area contributed by atoms with E-state index in [2.05, 4.69) is 10.1 Å². The Bertz CT molecular complexity index is 414. The highest BCUT2D eigenvalue weighted by Crippen LogP contribution is 2.20. The van der Waals surface area contributed by atoms with Crippen molar-refractivity contribution in [1.29, 1.82) is 0 Å². The number of carbonyl (C=O) groups excluding carboxylic acids is 1. The van der Waals surface area contributed by atoms with Crippen LogP contribution in [0.15, 0.2) is 18.2 Å². The van der Waals surface area contributed by atoms with Crippen LogP contribution in [-0.2, 0) is 11.2 Å². The molecule has 0 unspecified atom stereocenters. The number of anilines is 1. The maximum absolute atomic E-state index is 11.1. The number of aryl methyl sites for hydroxylation is 1. The zero-order valence-corrected chi connectivity index (χ0v) is 9.11. The van der Waals surface area contributed by atoms with Gasteiger partial charge in [0.25, 0.3) is 0 Å². The molecule has 1 rings (SSSR count). The Balaban J connectivity index is 3.17. The molecule has 16 heavy (non-hydrogen) atoms.